The zero-order valence-electron chi connectivity index (χ0n) is 11.9. The van der Waals surface area contributed by atoms with Crippen molar-refractivity contribution in [1.82, 2.24) is 0 Å². The first-order valence-corrected chi connectivity index (χ1v) is 6.52. The molecule has 1 heterocycles. The van der Waals surface area contributed by atoms with Crippen LogP contribution < -0.4 is 4.74 Å². The molecular formula is C16H20O3. The molecule has 1 N–H and O–H groups in total. The fourth-order valence-electron chi connectivity index (χ4n) is 2.29. The molecule has 1 aromatic heterocycles. The number of ether oxygens (including phenoxy) is 1. The molecule has 3 nitrogen and oxygen atoms in total. The number of hydrogen-bond acceptors (Lipinski definition) is 3. The third kappa shape index (κ3) is 2.66. The summed E-state index contributed by atoms with van der Waals surface area (Å²) in [4.78, 5) is 0. The molecule has 1 aromatic carbocycles. The highest BCUT2D eigenvalue weighted by Crippen LogP contribution is 2.31. The highest BCUT2D eigenvalue weighted by Gasteiger charge is 2.20. The Morgan fingerprint density at radius 3 is 2.21 bits per heavy atom. The van der Waals surface area contributed by atoms with Crippen LogP contribution in [0.1, 0.15) is 41.2 Å². The molecule has 102 valence electrons. The number of aryl methyl sites for hydroxylation is 2. The van der Waals surface area contributed by atoms with Crippen molar-refractivity contribution in [3.8, 4) is 5.75 Å². The summed E-state index contributed by atoms with van der Waals surface area (Å²) in [7, 11) is 0. The maximum Gasteiger partial charge on any atom is 0.119 e. The average Bonchev–Trinajstić information content (AvgIpc) is 2.64. The van der Waals surface area contributed by atoms with Gasteiger partial charge in [-0.05, 0) is 51.0 Å². The van der Waals surface area contributed by atoms with Crippen LogP contribution >= 0.6 is 0 Å². The zero-order valence-corrected chi connectivity index (χ0v) is 11.9. The van der Waals surface area contributed by atoms with Gasteiger partial charge in [-0.25, -0.2) is 0 Å². The van der Waals surface area contributed by atoms with Crippen LogP contribution in [-0.2, 0) is 0 Å². The predicted molar refractivity (Wildman–Crippen MR) is 74.6 cm³/mol. The van der Waals surface area contributed by atoms with Crippen LogP contribution in [0.2, 0.25) is 0 Å². The van der Waals surface area contributed by atoms with E-state index in [9.17, 15) is 5.11 Å². The molecule has 1 unspecified atom stereocenters. The second kappa shape index (κ2) is 5.49. The molecule has 0 radical (unpaired) electrons. The Balaban J connectivity index is 2.30. The van der Waals surface area contributed by atoms with Gasteiger partial charge >= 0.3 is 0 Å². The largest absolute Gasteiger partial charge is 0.494 e. The van der Waals surface area contributed by atoms with E-state index >= 15 is 0 Å². The minimum absolute atomic E-state index is 0.640. The van der Waals surface area contributed by atoms with Crippen LogP contribution in [0.3, 0.4) is 0 Å². The summed E-state index contributed by atoms with van der Waals surface area (Å²) in [5.74, 6) is 2.45. The van der Waals surface area contributed by atoms with Crippen LogP contribution in [0.5, 0.6) is 5.75 Å². The molecule has 0 aliphatic rings. The lowest BCUT2D eigenvalue weighted by atomic mass is 9.98. The lowest BCUT2D eigenvalue weighted by Gasteiger charge is -2.12. The van der Waals surface area contributed by atoms with E-state index in [1.807, 2.05) is 52.0 Å². The van der Waals surface area contributed by atoms with Gasteiger partial charge in [-0.15, -0.1) is 0 Å². The third-order valence-corrected chi connectivity index (χ3v) is 3.40. The predicted octanol–water partition coefficient (Wildman–Crippen LogP) is 3.69. The lowest BCUT2D eigenvalue weighted by Crippen LogP contribution is -2.02. The summed E-state index contributed by atoms with van der Waals surface area (Å²) >= 11 is 0. The van der Waals surface area contributed by atoms with Gasteiger partial charge in [0.2, 0.25) is 0 Å². The highest BCUT2D eigenvalue weighted by atomic mass is 16.5. The molecule has 0 aliphatic carbocycles. The SMILES string of the molecule is CCOc1ccc(C(O)c2c(C)oc(C)c2C)cc1. The summed E-state index contributed by atoms with van der Waals surface area (Å²) in [6.07, 6.45) is -0.659. The summed E-state index contributed by atoms with van der Waals surface area (Å²) in [5.41, 5.74) is 2.72. The Morgan fingerprint density at radius 2 is 1.74 bits per heavy atom. The van der Waals surface area contributed by atoms with Crippen molar-refractivity contribution in [3.05, 3.63) is 52.5 Å². The number of aliphatic hydroxyl groups is 1. The normalized spacial score (nSPS) is 12.5. The number of benzene rings is 1. The summed E-state index contributed by atoms with van der Waals surface area (Å²) in [5, 5.41) is 10.5. The Hall–Kier alpha value is -1.74. The van der Waals surface area contributed by atoms with Crippen molar-refractivity contribution in [2.45, 2.75) is 33.8 Å². The van der Waals surface area contributed by atoms with Gasteiger partial charge in [0, 0.05) is 5.56 Å². The minimum atomic E-state index is -0.659. The number of hydrogen-bond donors (Lipinski definition) is 1. The maximum atomic E-state index is 10.5. The van der Waals surface area contributed by atoms with E-state index in [0.29, 0.717) is 6.61 Å². The van der Waals surface area contributed by atoms with Crippen LogP contribution in [0.15, 0.2) is 28.7 Å². The highest BCUT2D eigenvalue weighted by molar-refractivity contribution is 5.40. The molecule has 19 heavy (non-hydrogen) atoms. The van der Waals surface area contributed by atoms with E-state index in [1.54, 1.807) is 0 Å². The number of furan rings is 1. The van der Waals surface area contributed by atoms with Crippen molar-refractivity contribution in [1.29, 1.82) is 0 Å². The first kappa shape index (κ1) is 13.7. The molecule has 0 bridgehead atoms. The van der Waals surface area contributed by atoms with Gasteiger partial charge in [0.1, 0.15) is 23.4 Å². The molecular weight excluding hydrogens is 240 g/mol. The van der Waals surface area contributed by atoms with Gasteiger partial charge in [-0.3, -0.25) is 0 Å². The maximum absolute atomic E-state index is 10.5. The Morgan fingerprint density at radius 1 is 1.11 bits per heavy atom. The van der Waals surface area contributed by atoms with Gasteiger partial charge in [-0.2, -0.15) is 0 Å². The summed E-state index contributed by atoms with van der Waals surface area (Å²) in [6.45, 7) is 8.35. The van der Waals surface area contributed by atoms with E-state index < -0.39 is 6.10 Å². The molecule has 2 rings (SSSR count). The molecule has 0 saturated carbocycles. The average molecular weight is 260 g/mol. The Bertz CT molecular complexity index is 552. The summed E-state index contributed by atoms with van der Waals surface area (Å²) in [6, 6.07) is 7.52. The van der Waals surface area contributed by atoms with Crippen molar-refractivity contribution < 1.29 is 14.3 Å². The molecule has 0 spiro atoms. The topological polar surface area (TPSA) is 42.6 Å². The van der Waals surface area contributed by atoms with Gasteiger partial charge in [0.15, 0.2) is 0 Å². The molecule has 3 heteroatoms. The van der Waals surface area contributed by atoms with Crippen LogP contribution in [-0.4, -0.2) is 11.7 Å². The van der Waals surface area contributed by atoms with Crippen molar-refractivity contribution in [2.24, 2.45) is 0 Å². The quantitative estimate of drug-likeness (QED) is 0.911. The number of aliphatic hydroxyl groups excluding tert-OH is 1. The molecule has 0 saturated heterocycles. The fourth-order valence-corrected chi connectivity index (χ4v) is 2.29. The molecule has 0 fully saturated rings. The van der Waals surface area contributed by atoms with Gasteiger partial charge in [0.05, 0.1) is 6.61 Å². The van der Waals surface area contributed by atoms with E-state index in [0.717, 1.165) is 34.0 Å². The van der Waals surface area contributed by atoms with Crippen molar-refractivity contribution in [2.75, 3.05) is 6.61 Å². The molecule has 2 aromatic rings. The van der Waals surface area contributed by atoms with Gasteiger partial charge < -0.3 is 14.3 Å². The van der Waals surface area contributed by atoms with Crippen molar-refractivity contribution in [3.63, 3.8) is 0 Å². The standard InChI is InChI=1S/C16H20O3/c1-5-18-14-8-6-13(7-9-14)16(17)15-10(2)11(3)19-12(15)4/h6-9,16-17H,5H2,1-4H3. The van der Waals surface area contributed by atoms with Crippen molar-refractivity contribution >= 4 is 0 Å². The van der Waals surface area contributed by atoms with E-state index in [-0.39, 0.29) is 0 Å². The van der Waals surface area contributed by atoms with Crippen LogP contribution in [0.4, 0.5) is 0 Å². The van der Waals surface area contributed by atoms with E-state index in [1.165, 1.54) is 0 Å². The van der Waals surface area contributed by atoms with Crippen LogP contribution in [0, 0.1) is 20.8 Å². The van der Waals surface area contributed by atoms with E-state index in [2.05, 4.69) is 0 Å². The smallest absolute Gasteiger partial charge is 0.119 e. The lowest BCUT2D eigenvalue weighted by molar-refractivity contribution is 0.217. The minimum Gasteiger partial charge on any atom is -0.494 e. The second-order valence-electron chi connectivity index (χ2n) is 4.66. The molecule has 1 atom stereocenters. The first-order valence-electron chi connectivity index (χ1n) is 6.52. The fraction of sp³-hybridized carbons (Fsp3) is 0.375. The third-order valence-electron chi connectivity index (χ3n) is 3.40. The van der Waals surface area contributed by atoms with E-state index in [4.69, 9.17) is 9.15 Å². The summed E-state index contributed by atoms with van der Waals surface area (Å²) < 4.78 is 11.0. The zero-order chi connectivity index (χ0) is 14.0. The van der Waals surface area contributed by atoms with Crippen LogP contribution in [0.25, 0.3) is 0 Å². The molecule has 0 amide bonds. The number of rotatable bonds is 4. The first-order chi connectivity index (χ1) is 9.04. The van der Waals surface area contributed by atoms with Gasteiger partial charge in [0.25, 0.3) is 0 Å². The Labute approximate surface area is 113 Å². The molecule has 0 aliphatic heterocycles. The Kier molecular flexibility index (Phi) is 3.96. The second-order valence-corrected chi connectivity index (χ2v) is 4.66. The monoisotopic (exact) mass is 260 g/mol. The van der Waals surface area contributed by atoms with Gasteiger partial charge in [-0.1, -0.05) is 12.1 Å².